The summed E-state index contributed by atoms with van der Waals surface area (Å²) in [4.78, 5) is 25.0. The summed E-state index contributed by atoms with van der Waals surface area (Å²) in [5.41, 5.74) is 4.20. The summed E-state index contributed by atoms with van der Waals surface area (Å²) >= 11 is 1.37. The molecule has 1 unspecified atom stereocenters. The fourth-order valence-electron chi connectivity index (χ4n) is 3.41. The van der Waals surface area contributed by atoms with Crippen molar-refractivity contribution < 1.29 is 18.0 Å². The first-order valence-electron chi connectivity index (χ1n) is 9.26. The predicted octanol–water partition coefficient (Wildman–Crippen LogP) is 3.85. The molecule has 0 fully saturated rings. The van der Waals surface area contributed by atoms with Crippen molar-refractivity contribution in [2.24, 2.45) is 0 Å². The van der Waals surface area contributed by atoms with Gasteiger partial charge in [-0.15, -0.1) is 11.8 Å². The largest absolute Gasteiger partial charge is 0.326 e. The molecule has 0 saturated heterocycles. The number of carbonyl (C=O) groups excluding carboxylic acids is 2. The summed E-state index contributed by atoms with van der Waals surface area (Å²) in [6.45, 7) is 7.33. The highest BCUT2D eigenvalue weighted by Gasteiger charge is 2.28. The summed E-state index contributed by atoms with van der Waals surface area (Å²) in [6, 6.07) is 8.64. The molecular weight excluding hydrogens is 408 g/mol. The van der Waals surface area contributed by atoms with Crippen LogP contribution in [0.1, 0.15) is 30.0 Å². The molecule has 2 N–H and O–H groups in total. The second-order valence-electron chi connectivity index (χ2n) is 7.38. The van der Waals surface area contributed by atoms with E-state index >= 15 is 0 Å². The van der Waals surface area contributed by atoms with Crippen LogP contribution in [0, 0.1) is 20.8 Å². The second-order valence-corrected chi connectivity index (χ2v) is 10.8. The minimum absolute atomic E-state index is 0.0991. The highest BCUT2D eigenvalue weighted by molar-refractivity contribution is 8.00. The van der Waals surface area contributed by atoms with Gasteiger partial charge in [-0.05, 0) is 57.0 Å². The quantitative estimate of drug-likeness (QED) is 0.749. The van der Waals surface area contributed by atoms with Crippen LogP contribution in [0.4, 0.5) is 11.4 Å². The number of benzene rings is 2. The normalized spacial score (nSPS) is 14.7. The Morgan fingerprint density at radius 2 is 1.83 bits per heavy atom. The molecule has 0 spiro atoms. The number of aryl methyl sites for hydroxylation is 3. The molecule has 1 atom stereocenters. The predicted molar refractivity (Wildman–Crippen MR) is 116 cm³/mol. The van der Waals surface area contributed by atoms with Crippen LogP contribution in [-0.4, -0.2) is 31.2 Å². The van der Waals surface area contributed by atoms with E-state index < -0.39 is 15.1 Å². The molecule has 0 aromatic heterocycles. The third kappa shape index (κ3) is 4.64. The molecule has 0 aliphatic carbocycles. The smallest absolute Gasteiger partial charge is 0.234 e. The van der Waals surface area contributed by atoms with Gasteiger partial charge in [0.2, 0.25) is 11.8 Å². The molecule has 6 nitrogen and oxygen atoms in total. The number of anilines is 2. The Balaban J connectivity index is 1.76. The van der Waals surface area contributed by atoms with Gasteiger partial charge in [0.1, 0.15) is 0 Å². The monoisotopic (exact) mass is 432 g/mol. The lowest BCUT2D eigenvalue weighted by Crippen LogP contribution is -2.26. The summed E-state index contributed by atoms with van der Waals surface area (Å²) in [5, 5.41) is 4.65. The summed E-state index contributed by atoms with van der Waals surface area (Å²) in [7, 11) is -3.73. The van der Waals surface area contributed by atoms with E-state index in [0.717, 1.165) is 27.3 Å². The molecule has 154 valence electrons. The van der Waals surface area contributed by atoms with Gasteiger partial charge in [0, 0.05) is 17.0 Å². The Kier molecular flexibility index (Phi) is 6.05. The zero-order chi connectivity index (χ0) is 21.3. The van der Waals surface area contributed by atoms with E-state index in [-0.39, 0.29) is 23.1 Å². The molecule has 0 saturated carbocycles. The molecule has 2 amide bonds. The number of fused-ring (bicyclic) bond motifs is 1. The SMILES string of the molecule is Cc1cc(C)c(NC(=O)CC(C)S(=O)(=O)c2ccc3c(c2)NC(=O)CS3)c(C)c1. The summed E-state index contributed by atoms with van der Waals surface area (Å²) in [6.07, 6.45) is -0.159. The van der Waals surface area contributed by atoms with E-state index in [9.17, 15) is 18.0 Å². The standard InChI is InChI=1S/C21H24N2O4S2/c1-12-7-13(2)21(14(3)8-12)23-19(24)9-15(4)29(26,27)16-5-6-18-17(10-16)22-20(25)11-28-18/h5-8,10,15H,9,11H2,1-4H3,(H,22,25)(H,23,24). The Bertz CT molecular complexity index is 1070. The number of carbonyl (C=O) groups is 2. The van der Waals surface area contributed by atoms with Gasteiger partial charge in [-0.3, -0.25) is 9.59 Å². The molecule has 1 aliphatic rings. The number of thioether (sulfide) groups is 1. The fourth-order valence-corrected chi connectivity index (χ4v) is 5.57. The maximum Gasteiger partial charge on any atom is 0.234 e. The van der Waals surface area contributed by atoms with Crippen molar-refractivity contribution >= 4 is 44.8 Å². The topological polar surface area (TPSA) is 92.3 Å². The van der Waals surface area contributed by atoms with Crippen molar-refractivity contribution in [3.8, 4) is 0 Å². The van der Waals surface area contributed by atoms with Gasteiger partial charge in [0.25, 0.3) is 0 Å². The molecule has 2 aromatic rings. The first-order valence-corrected chi connectivity index (χ1v) is 11.8. The molecule has 1 heterocycles. The van der Waals surface area contributed by atoms with E-state index in [1.54, 1.807) is 6.07 Å². The highest BCUT2D eigenvalue weighted by Crippen LogP contribution is 2.34. The van der Waals surface area contributed by atoms with Gasteiger partial charge in [0.05, 0.1) is 21.6 Å². The first-order chi connectivity index (χ1) is 13.6. The minimum atomic E-state index is -3.73. The zero-order valence-electron chi connectivity index (χ0n) is 16.8. The van der Waals surface area contributed by atoms with Crippen molar-refractivity contribution in [1.82, 2.24) is 0 Å². The van der Waals surface area contributed by atoms with Gasteiger partial charge >= 0.3 is 0 Å². The number of hydrogen-bond acceptors (Lipinski definition) is 5. The van der Waals surface area contributed by atoms with Crippen molar-refractivity contribution in [2.45, 2.75) is 49.2 Å². The molecule has 29 heavy (non-hydrogen) atoms. The lowest BCUT2D eigenvalue weighted by molar-refractivity contribution is -0.116. The molecule has 3 rings (SSSR count). The minimum Gasteiger partial charge on any atom is -0.326 e. The van der Waals surface area contributed by atoms with Crippen LogP contribution in [-0.2, 0) is 19.4 Å². The third-order valence-electron chi connectivity index (χ3n) is 4.86. The van der Waals surface area contributed by atoms with E-state index in [1.165, 1.54) is 30.8 Å². The Morgan fingerprint density at radius 3 is 2.48 bits per heavy atom. The van der Waals surface area contributed by atoms with E-state index in [1.807, 2.05) is 32.9 Å². The Labute approximate surface area is 175 Å². The van der Waals surface area contributed by atoms with E-state index in [4.69, 9.17) is 0 Å². The third-order valence-corrected chi connectivity index (χ3v) is 8.07. The Morgan fingerprint density at radius 1 is 1.17 bits per heavy atom. The van der Waals surface area contributed by atoms with E-state index in [0.29, 0.717) is 11.4 Å². The van der Waals surface area contributed by atoms with Gasteiger partial charge in [-0.1, -0.05) is 17.7 Å². The molecule has 8 heteroatoms. The van der Waals surface area contributed by atoms with Gasteiger partial charge in [-0.25, -0.2) is 8.42 Å². The Hall–Kier alpha value is -2.32. The molecule has 0 bridgehead atoms. The number of hydrogen-bond donors (Lipinski definition) is 2. The van der Waals surface area contributed by atoms with Crippen molar-refractivity contribution in [3.63, 3.8) is 0 Å². The van der Waals surface area contributed by atoms with Crippen LogP contribution in [0.2, 0.25) is 0 Å². The summed E-state index contributed by atoms with van der Waals surface area (Å²) in [5.74, 6) is -0.195. The van der Waals surface area contributed by atoms with E-state index in [2.05, 4.69) is 10.6 Å². The molecule has 0 radical (unpaired) electrons. The van der Waals surface area contributed by atoms with Crippen LogP contribution in [0.3, 0.4) is 0 Å². The van der Waals surface area contributed by atoms with Crippen molar-refractivity contribution in [2.75, 3.05) is 16.4 Å². The number of amides is 2. The lowest BCUT2D eigenvalue weighted by atomic mass is 10.0. The lowest BCUT2D eigenvalue weighted by Gasteiger charge is -2.19. The molecular formula is C21H24N2O4S2. The van der Waals surface area contributed by atoms with Crippen molar-refractivity contribution in [3.05, 3.63) is 47.0 Å². The number of rotatable bonds is 5. The fraction of sp³-hybridized carbons (Fsp3) is 0.333. The first kappa shape index (κ1) is 21.4. The number of sulfone groups is 1. The van der Waals surface area contributed by atoms with Crippen molar-refractivity contribution in [1.29, 1.82) is 0 Å². The maximum absolute atomic E-state index is 13.0. The van der Waals surface area contributed by atoms with Gasteiger partial charge < -0.3 is 10.6 Å². The maximum atomic E-state index is 13.0. The summed E-state index contributed by atoms with van der Waals surface area (Å²) < 4.78 is 25.9. The zero-order valence-corrected chi connectivity index (χ0v) is 18.5. The van der Waals surface area contributed by atoms with Gasteiger partial charge in [0.15, 0.2) is 9.84 Å². The number of nitrogens with one attached hydrogen (secondary N) is 2. The second kappa shape index (κ2) is 8.20. The van der Waals surface area contributed by atoms with Crippen LogP contribution in [0.15, 0.2) is 40.1 Å². The van der Waals surface area contributed by atoms with Crippen LogP contribution >= 0.6 is 11.8 Å². The van der Waals surface area contributed by atoms with Gasteiger partial charge in [-0.2, -0.15) is 0 Å². The average molecular weight is 433 g/mol. The molecule has 1 aliphatic heterocycles. The van der Waals surface area contributed by atoms with Crippen LogP contribution in [0.5, 0.6) is 0 Å². The highest BCUT2D eigenvalue weighted by atomic mass is 32.2. The molecule has 2 aromatic carbocycles. The van der Waals surface area contributed by atoms with Crippen LogP contribution < -0.4 is 10.6 Å². The average Bonchev–Trinajstić information content (AvgIpc) is 2.63. The van der Waals surface area contributed by atoms with Crippen LogP contribution in [0.25, 0.3) is 0 Å².